The first-order chi connectivity index (χ1) is 16.8. The van der Waals surface area contributed by atoms with Gasteiger partial charge in [0.2, 0.25) is 0 Å². The van der Waals surface area contributed by atoms with Gasteiger partial charge in [-0.1, -0.05) is 42.0 Å². The number of carbonyl (C=O) groups is 3. The second kappa shape index (κ2) is 10.6. The molecule has 1 aliphatic heterocycles. The molecule has 3 aromatic rings. The molecule has 0 N–H and O–H groups in total. The fourth-order valence-electron chi connectivity index (χ4n) is 3.44. The topological polar surface area (TPSA) is 72.9 Å². The summed E-state index contributed by atoms with van der Waals surface area (Å²) in [6, 6.07) is 19.8. The third-order valence-electron chi connectivity index (χ3n) is 5.47. The Bertz CT molecular complexity index is 1300. The van der Waals surface area contributed by atoms with Crippen LogP contribution in [0.5, 0.6) is 11.5 Å². The SMILES string of the molecule is Cc1ccc(C(=O)Oc2ccc(/C=C3\SC(=O)N(CCOc4cc(C)ccc4C)C3=O)cc2)cc1. The summed E-state index contributed by atoms with van der Waals surface area (Å²) in [4.78, 5) is 39.0. The van der Waals surface area contributed by atoms with Crippen LogP contribution in [0.3, 0.4) is 0 Å². The molecule has 0 aliphatic carbocycles. The lowest BCUT2D eigenvalue weighted by Gasteiger charge is -2.14. The summed E-state index contributed by atoms with van der Waals surface area (Å²) in [6.45, 7) is 6.27. The summed E-state index contributed by atoms with van der Waals surface area (Å²) >= 11 is 0.899. The van der Waals surface area contributed by atoms with Crippen LogP contribution in [0, 0.1) is 20.8 Å². The van der Waals surface area contributed by atoms with Crippen molar-refractivity contribution < 1.29 is 23.9 Å². The zero-order valence-electron chi connectivity index (χ0n) is 19.7. The molecule has 0 saturated carbocycles. The van der Waals surface area contributed by atoms with Gasteiger partial charge in [-0.2, -0.15) is 0 Å². The van der Waals surface area contributed by atoms with Gasteiger partial charge in [-0.05, 0) is 85.6 Å². The standard InChI is InChI=1S/C28H25NO5S/c1-18-5-10-22(11-6-18)27(31)34-23-12-8-21(9-13-23)17-25-26(30)29(28(32)35-25)14-15-33-24-16-19(2)4-7-20(24)3/h4-13,16-17H,14-15H2,1-3H3/b25-17-. The number of ether oxygens (including phenoxy) is 2. The average Bonchev–Trinajstić information content (AvgIpc) is 3.10. The van der Waals surface area contributed by atoms with Crippen LogP contribution >= 0.6 is 11.8 Å². The zero-order valence-corrected chi connectivity index (χ0v) is 20.6. The van der Waals surface area contributed by atoms with Crippen molar-refractivity contribution in [3.8, 4) is 11.5 Å². The van der Waals surface area contributed by atoms with Gasteiger partial charge in [0.25, 0.3) is 11.1 Å². The highest BCUT2D eigenvalue weighted by atomic mass is 32.2. The van der Waals surface area contributed by atoms with Crippen molar-refractivity contribution in [3.05, 3.63) is 99.5 Å². The van der Waals surface area contributed by atoms with Crippen molar-refractivity contribution in [3.63, 3.8) is 0 Å². The molecule has 178 valence electrons. The smallest absolute Gasteiger partial charge is 0.343 e. The van der Waals surface area contributed by atoms with Crippen molar-refractivity contribution in [1.29, 1.82) is 0 Å². The zero-order chi connectivity index (χ0) is 24.9. The van der Waals surface area contributed by atoms with E-state index < -0.39 is 5.97 Å². The Kier molecular flexibility index (Phi) is 7.36. The van der Waals surface area contributed by atoms with E-state index in [1.165, 1.54) is 4.90 Å². The van der Waals surface area contributed by atoms with E-state index in [0.717, 1.165) is 39.8 Å². The Morgan fingerprint density at radius 2 is 1.60 bits per heavy atom. The van der Waals surface area contributed by atoms with Crippen LogP contribution in [0.15, 0.2) is 71.6 Å². The first-order valence-electron chi connectivity index (χ1n) is 11.1. The predicted molar refractivity (Wildman–Crippen MR) is 137 cm³/mol. The summed E-state index contributed by atoms with van der Waals surface area (Å²) in [5, 5.41) is -0.325. The number of esters is 1. The molecule has 0 bridgehead atoms. The molecular formula is C28H25NO5S. The Morgan fingerprint density at radius 1 is 0.914 bits per heavy atom. The van der Waals surface area contributed by atoms with Gasteiger partial charge in [-0.15, -0.1) is 0 Å². The first-order valence-corrected chi connectivity index (χ1v) is 12.0. The molecule has 7 heteroatoms. The molecule has 1 aliphatic rings. The average molecular weight is 488 g/mol. The van der Waals surface area contributed by atoms with Crippen molar-refractivity contribution in [2.75, 3.05) is 13.2 Å². The number of rotatable bonds is 7. The van der Waals surface area contributed by atoms with Crippen LogP contribution in [0.4, 0.5) is 4.79 Å². The Hall–Kier alpha value is -3.84. The summed E-state index contributed by atoms with van der Waals surface area (Å²) in [5.41, 5.74) is 4.32. The molecule has 1 saturated heterocycles. The number of aryl methyl sites for hydroxylation is 3. The minimum atomic E-state index is -0.443. The highest BCUT2D eigenvalue weighted by Crippen LogP contribution is 2.32. The second-order valence-corrected chi connectivity index (χ2v) is 9.27. The minimum Gasteiger partial charge on any atom is -0.491 e. The van der Waals surface area contributed by atoms with Gasteiger partial charge >= 0.3 is 5.97 Å². The highest BCUT2D eigenvalue weighted by Gasteiger charge is 2.34. The molecule has 1 heterocycles. The van der Waals surface area contributed by atoms with Gasteiger partial charge in [0.05, 0.1) is 17.0 Å². The summed E-state index contributed by atoms with van der Waals surface area (Å²) in [7, 11) is 0. The normalized spacial score (nSPS) is 14.5. The van der Waals surface area contributed by atoms with Gasteiger partial charge in [0, 0.05) is 0 Å². The van der Waals surface area contributed by atoms with Gasteiger partial charge in [0.15, 0.2) is 0 Å². The molecule has 0 unspecified atom stereocenters. The van der Waals surface area contributed by atoms with Crippen molar-refractivity contribution >= 4 is 35.0 Å². The van der Waals surface area contributed by atoms with E-state index >= 15 is 0 Å². The molecule has 4 rings (SSSR count). The number of thioether (sulfide) groups is 1. The number of amides is 2. The molecule has 0 aromatic heterocycles. The Balaban J connectivity index is 1.35. The van der Waals surface area contributed by atoms with Crippen LogP contribution in [0.2, 0.25) is 0 Å². The predicted octanol–water partition coefficient (Wildman–Crippen LogP) is 5.95. The second-order valence-electron chi connectivity index (χ2n) is 8.28. The summed E-state index contributed by atoms with van der Waals surface area (Å²) in [6.07, 6.45) is 1.65. The van der Waals surface area contributed by atoms with Crippen LogP contribution in [0.25, 0.3) is 6.08 Å². The van der Waals surface area contributed by atoms with E-state index in [2.05, 4.69) is 0 Å². The maximum absolute atomic E-state index is 12.8. The largest absolute Gasteiger partial charge is 0.491 e. The third kappa shape index (κ3) is 6.00. The van der Waals surface area contributed by atoms with Crippen LogP contribution in [0.1, 0.15) is 32.6 Å². The van der Waals surface area contributed by atoms with E-state index in [-0.39, 0.29) is 24.3 Å². The Morgan fingerprint density at radius 3 is 2.31 bits per heavy atom. The van der Waals surface area contributed by atoms with Gasteiger partial charge in [-0.25, -0.2) is 4.79 Å². The first kappa shape index (κ1) is 24.3. The van der Waals surface area contributed by atoms with Crippen LogP contribution in [-0.2, 0) is 4.79 Å². The fourth-order valence-corrected chi connectivity index (χ4v) is 4.31. The fraction of sp³-hybridized carbons (Fsp3) is 0.179. The Labute approximate surface area is 208 Å². The third-order valence-corrected chi connectivity index (χ3v) is 6.37. The molecule has 2 amide bonds. The number of benzene rings is 3. The number of nitrogens with zero attached hydrogens (tertiary/aromatic N) is 1. The molecular weight excluding hydrogens is 462 g/mol. The molecule has 0 spiro atoms. The van der Waals surface area contributed by atoms with Gasteiger partial charge < -0.3 is 9.47 Å². The molecule has 1 fully saturated rings. The highest BCUT2D eigenvalue weighted by molar-refractivity contribution is 8.18. The maximum Gasteiger partial charge on any atom is 0.343 e. The lowest BCUT2D eigenvalue weighted by atomic mass is 10.1. The molecule has 6 nitrogen and oxygen atoms in total. The molecule has 0 atom stereocenters. The molecule has 35 heavy (non-hydrogen) atoms. The maximum atomic E-state index is 12.8. The van der Waals surface area contributed by atoms with E-state index in [4.69, 9.17) is 9.47 Å². The van der Waals surface area contributed by atoms with Crippen molar-refractivity contribution in [2.45, 2.75) is 20.8 Å². The minimum absolute atomic E-state index is 0.170. The molecule has 3 aromatic carbocycles. The van der Waals surface area contributed by atoms with Crippen LogP contribution in [-0.4, -0.2) is 35.2 Å². The van der Waals surface area contributed by atoms with Crippen LogP contribution < -0.4 is 9.47 Å². The lowest BCUT2D eigenvalue weighted by molar-refractivity contribution is -0.123. The molecule has 0 radical (unpaired) electrons. The van der Waals surface area contributed by atoms with Gasteiger partial charge in [-0.3, -0.25) is 14.5 Å². The number of imide groups is 1. The van der Waals surface area contributed by atoms with E-state index in [0.29, 0.717) is 16.2 Å². The van der Waals surface area contributed by atoms with E-state index in [9.17, 15) is 14.4 Å². The summed E-state index contributed by atoms with van der Waals surface area (Å²) < 4.78 is 11.2. The number of hydrogen-bond donors (Lipinski definition) is 0. The van der Waals surface area contributed by atoms with Gasteiger partial charge in [0.1, 0.15) is 18.1 Å². The van der Waals surface area contributed by atoms with Crippen molar-refractivity contribution in [2.24, 2.45) is 0 Å². The van der Waals surface area contributed by atoms with E-state index in [1.54, 1.807) is 42.5 Å². The quantitative estimate of drug-likeness (QED) is 0.233. The van der Waals surface area contributed by atoms with Crippen molar-refractivity contribution in [1.82, 2.24) is 4.90 Å². The number of carbonyl (C=O) groups excluding carboxylic acids is 3. The number of hydrogen-bond acceptors (Lipinski definition) is 6. The summed E-state index contributed by atoms with van der Waals surface area (Å²) in [5.74, 6) is 0.349. The lowest BCUT2D eigenvalue weighted by Crippen LogP contribution is -2.32. The monoisotopic (exact) mass is 487 g/mol. The van der Waals surface area contributed by atoms with E-state index in [1.807, 2.05) is 51.1 Å².